The van der Waals surface area contributed by atoms with E-state index in [1.807, 2.05) is 0 Å². The Morgan fingerprint density at radius 1 is 1.00 bits per heavy atom. The highest BCUT2D eigenvalue weighted by Gasteiger charge is 2.28. The minimum atomic E-state index is -3.58. The third-order valence-corrected chi connectivity index (χ3v) is 7.49. The molecule has 9 heteroatoms. The number of carbonyl (C=O) groups excluding carboxylic acids is 2. The highest BCUT2D eigenvalue weighted by atomic mass is 35.5. The van der Waals surface area contributed by atoms with Gasteiger partial charge in [-0.3, -0.25) is 9.59 Å². The Labute approximate surface area is 180 Å². The van der Waals surface area contributed by atoms with Crippen LogP contribution in [0.1, 0.15) is 36.0 Å². The molecule has 0 unspecified atom stereocenters. The molecule has 4 rings (SSSR count). The zero-order valence-electron chi connectivity index (χ0n) is 16.3. The van der Waals surface area contributed by atoms with Gasteiger partial charge < -0.3 is 10.2 Å². The van der Waals surface area contributed by atoms with Crippen LogP contribution in [0.3, 0.4) is 0 Å². The Hall–Kier alpha value is -2.42. The van der Waals surface area contributed by atoms with Gasteiger partial charge in [0.05, 0.1) is 16.1 Å². The van der Waals surface area contributed by atoms with Gasteiger partial charge in [-0.15, -0.1) is 0 Å². The van der Waals surface area contributed by atoms with Crippen LogP contribution in [-0.4, -0.2) is 44.2 Å². The second-order valence-corrected chi connectivity index (χ2v) is 9.78. The quantitative estimate of drug-likeness (QED) is 0.759. The molecule has 2 fully saturated rings. The van der Waals surface area contributed by atoms with Crippen molar-refractivity contribution in [2.45, 2.75) is 30.6 Å². The smallest absolute Gasteiger partial charge is 0.257 e. The lowest BCUT2D eigenvalue weighted by molar-refractivity contribution is -0.117. The number of carbonyl (C=O) groups is 2. The molecule has 158 valence electrons. The van der Waals surface area contributed by atoms with Crippen molar-refractivity contribution in [3.63, 3.8) is 0 Å². The second-order valence-electron chi connectivity index (χ2n) is 7.40. The summed E-state index contributed by atoms with van der Waals surface area (Å²) < 4.78 is 27.1. The van der Waals surface area contributed by atoms with Gasteiger partial charge in [-0.05, 0) is 55.7 Å². The van der Waals surface area contributed by atoms with E-state index in [4.69, 9.17) is 11.6 Å². The van der Waals surface area contributed by atoms with Gasteiger partial charge in [0, 0.05) is 36.8 Å². The number of sulfonamides is 1. The average molecular weight is 448 g/mol. The lowest BCUT2D eigenvalue weighted by Crippen LogP contribution is -2.28. The lowest BCUT2D eigenvalue weighted by atomic mass is 10.1. The fourth-order valence-electron chi connectivity index (χ4n) is 3.83. The molecule has 2 aromatic rings. The fourth-order valence-corrected chi connectivity index (χ4v) is 5.56. The molecular formula is C21H22ClN3O4S. The van der Waals surface area contributed by atoms with Crippen LogP contribution < -0.4 is 10.2 Å². The summed E-state index contributed by atoms with van der Waals surface area (Å²) in [6.07, 6.45) is 2.86. The van der Waals surface area contributed by atoms with Crippen LogP contribution in [0.15, 0.2) is 47.4 Å². The highest BCUT2D eigenvalue weighted by Crippen LogP contribution is 2.30. The van der Waals surface area contributed by atoms with E-state index < -0.39 is 15.9 Å². The molecule has 0 aromatic heterocycles. The van der Waals surface area contributed by atoms with Crippen LogP contribution >= 0.6 is 11.6 Å². The maximum atomic E-state index is 13.0. The molecule has 0 radical (unpaired) electrons. The molecule has 0 aliphatic carbocycles. The number of hydrogen-bond donors (Lipinski definition) is 1. The van der Waals surface area contributed by atoms with Crippen LogP contribution in [0.4, 0.5) is 11.4 Å². The molecule has 0 bridgehead atoms. The van der Waals surface area contributed by atoms with Gasteiger partial charge in [0.1, 0.15) is 0 Å². The fraction of sp³-hybridized carbons (Fsp3) is 0.333. The average Bonchev–Trinajstić information content (AvgIpc) is 3.40. The van der Waals surface area contributed by atoms with E-state index in [0.717, 1.165) is 19.3 Å². The summed E-state index contributed by atoms with van der Waals surface area (Å²) in [6, 6.07) is 11.0. The predicted octanol–water partition coefficient (Wildman–Crippen LogP) is 3.50. The normalized spacial score (nSPS) is 17.5. The van der Waals surface area contributed by atoms with Gasteiger partial charge in [0.25, 0.3) is 5.91 Å². The number of amides is 2. The molecule has 30 heavy (non-hydrogen) atoms. The summed E-state index contributed by atoms with van der Waals surface area (Å²) in [5, 5.41) is 3.19. The first-order chi connectivity index (χ1) is 14.4. The summed E-state index contributed by atoms with van der Waals surface area (Å²) in [5.74, 6) is -0.484. The van der Waals surface area contributed by atoms with Crippen LogP contribution in [0, 0.1) is 0 Å². The molecule has 2 saturated heterocycles. The maximum Gasteiger partial charge on any atom is 0.257 e. The second kappa shape index (κ2) is 8.37. The van der Waals surface area contributed by atoms with Crippen molar-refractivity contribution in [2.24, 2.45) is 0 Å². The molecule has 0 atom stereocenters. The van der Waals surface area contributed by atoms with Gasteiger partial charge in [-0.2, -0.15) is 4.31 Å². The summed E-state index contributed by atoms with van der Waals surface area (Å²) >= 11 is 6.10. The standard InChI is InChI=1S/C21H22ClN3O4S/c22-15-8-9-18(19(13-15)25-12-4-7-20(25)26)21(27)23-16-5-3-6-17(14-16)30(28,29)24-10-1-2-11-24/h3,5-6,8-9,13-14H,1-2,4,7,10-12H2,(H,23,27). The first kappa shape index (κ1) is 20.8. The summed E-state index contributed by atoms with van der Waals surface area (Å²) in [6.45, 7) is 1.55. The molecule has 2 aliphatic rings. The SMILES string of the molecule is O=C(Nc1cccc(S(=O)(=O)N2CCCC2)c1)c1ccc(Cl)cc1N1CCCC1=O. The van der Waals surface area contributed by atoms with Crippen LogP contribution in [0.2, 0.25) is 5.02 Å². The number of anilines is 2. The Balaban J connectivity index is 1.60. The van der Waals surface area contributed by atoms with Crippen molar-refractivity contribution >= 4 is 44.8 Å². The van der Waals surface area contributed by atoms with E-state index in [2.05, 4.69) is 5.32 Å². The Morgan fingerprint density at radius 3 is 2.47 bits per heavy atom. The van der Waals surface area contributed by atoms with Crippen molar-refractivity contribution in [3.8, 4) is 0 Å². The predicted molar refractivity (Wildman–Crippen MR) is 115 cm³/mol. The van der Waals surface area contributed by atoms with Gasteiger partial charge in [-0.1, -0.05) is 17.7 Å². The van der Waals surface area contributed by atoms with Crippen molar-refractivity contribution < 1.29 is 18.0 Å². The number of nitrogens with one attached hydrogen (secondary N) is 1. The van der Waals surface area contributed by atoms with Crippen molar-refractivity contribution in [1.29, 1.82) is 0 Å². The molecule has 2 heterocycles. The van der Waals surface area contributed by atoms with E-state index in [0.29, 0.717) is 48.0 Å². The summed E-state index contributed by atoms with van der Waals surface area (Å²) in [4.78, 5) is 26.9. The topological polar surface area (TPSA) is 86.8 Å². The molecule has 2 aliphatic heterocycles. The molecule has 2 amide bonds. The van der Waals surface area contributed by atoms with Gasteiger partial charge in [0.15, 0.2) is 0 Å². The largest absolute Gasteiger partial charge is 0.322 e. The van der Waals surface area contributed by atoms with Crippen LogP contribution in [-0.2, 0) is 14.8 Å². The molecule has 1 N–H and O–H groups in total. The Bertz CT molecular complexity index is 1100. The molecule has 0 spiro atoms. The molecule has 2 aromatic carbocycles. The zero-order valence-corrected chi connectivity index (χ0v) is 17.9. The minimum Gasteiger partial charge on any atom is -0.322 e. The minimum absolute atomic E-state index is 0.0509. The molecular weight excluding hydrogens is 426 g/mol. The third kappa shape index (κ3) is 4.08. The van der Waals surface area contributed by atoms with E-state index in [1.165, 1.54) is 16.4 Å². The van der Waals surface area contributed by atoms with Gasteiger partial charge in [-0.25, -0.2) is 8.42 Å². The van der Waals surface area contributed by atoms with Crippen molar-refractivity contribution in [3.05, 3.63) is 53.1 Å². The van der Waals surface area contributed by atoms with E-state index in [1.54, 1.807) is 35.2 Å². The number of nitrogens with zero attached hydrogens (tertiary/aromatic N) is 2. The highest BCUT2D eigenvalue weighted by molar-refractivity contribution is 7.89. The summed E-state index contributed by atoms with van der Waals surface area (Å²) in [5.41, 5.74) is 1.14. The van der Waals surface area contributed by atoms with E-state index in [-0.39, 0.29) is 10.8 Å². The van der Waals surface area contributed by atoms with Crippen LogP contribution in [0.25, 0.3) is 0 Å². The van der Waals surface area contributed by atoms with Gasteiger partial charge in [0.2, 0.25) is 15.9 Å². The Kier molecular flexibility index (Phi) is 5.81. The van der Waals surface area contributed by atoms with Crippen LogP contribution in [0.5, 0.6) is 0 Å². The lowest BCUT2D eigenvalue weighted by Gasteiger charge is -2.20. The Morgan fingerprint density at radius 2 is 1.77 bits per heavy atom. The zero-order chi connectivity index (χ0) is 21.3. The van der Waals surface area contributed by atoms with E-state index in [9.17, 15) is 18.0 Å². The summed E-state index contributed by atoms with van der Waals surface area (Å²) in [7, 11) is -3.58. The van der Waals surface area contributed by atoms with Crippen molar-refractivity contribution in [2.75, 3.05) is 29.9 Å². The first-order valence-electron chi connectivity index (χ1n) is 9.88. The number of hydrogen-bond acceptors (Lipinski definition) is 4. The molecule has 0 saturated carbocycles. The monoisotopic (exact) mass is 447 g/mol. The maximum absolute atomic E-state index is 13.0. The number of halogens is 1. The number of benzene rings is 2. The van der Waals surface area contributed by atoms with Crippen molar-refractivity contribution in [1.82, 2.24) is 4.31 Å². The van der Waals surface area contributed by atoms with Gasteiger partial charge >= 0.3 is 0 Å². The third-order valence-electron chi connectivity index (χ3n) is 5.36. The first-order valence-corrected chi connectivity index (χ1v) is 11.7. The van der Waals surface area contributed by atoms with E-state index >= 15 is 0 Å². The number of rotatable bonds is 5. The molecule has 7 nitrogen and oxygen atoms in total.